The molecule has 0 aliphatic carbocycles. The lowest BCUT2D eigenvalue weighted by Gasteiger charge is -2.29. The normalized spacial score (nSPS) is 13.8. The second kappa shape index (κ2) is 5.15. The highest BCUT2D eigenvalue weighted by Gasteiger charge is 2.18. The minimum atomic E-state index is 0. The molecule has 1 aromatic heterocycles. The summed E-state index contributed by atoms with van der Waals surface area (Å²) < 4.78 is 0. The third-order valence-corrected chi connectivity index (χ3v) is 2.90. The molecule has 0 bridgehead atoms. The minimum Gasteiger partial charge on any atom is -0.310 e. The quantitative estimate of drug-likeness (QED) is 0.776. The van der Waals surface area contributed by atoms with E-state index in [2.05, 4.69) is 39.1 Å². The Kier molecular flexibility index (Phi) is 3.59. The van der Waals surface area contributed by atoms with Crippen molar-refractivity contribution in [2.24, 2.45) is 0 Å². The predicted octanol–water partition coefficient (Wildman–Crippen LogP) is 2.98. The summed E-state index contributed by atoms with van der Waals surface area (Å²) in [6, 6.07) is 10.3. The minimum absolute atomic E-state index is 0. The maximum absolute atomic E-state index is 4.32. The Morgan fingerprint density at radius 2 is 1.76 bits per heavy atom. The number of benzene rings is 1. The average molecular weight is 248 g/mol. The first-order chi connectivity index (χ1) is 7.95. The van der Waals surface area contributed by atoms with E-state index >= 15 is 0 Å². The lowest BCUT2D eigenvalue weighted by molar-refractivity contribution is 0.750. The van der Waals surface area contributed by atoms with Gasteiger partial charge in [-0.1, -0.05) is 18.2 Å². The Morgan fingerprint density at radius 3 is 2.59 bits per heavy atom. The zero-order valence-corrected chi connectivity index (χ0v) is 10.2. The summed E-state index contributed by atoms with van der Waals surface area (Å²) in [4.78, 5) is 10.8. The van der Waals surface area contributed by atoms with Gasteiger partial charge >= 0.3 is 0 Å². The second-order valence-electron chi connectivity index (χ2n) is 3.93. The van der Waals surface area contributed by atoms with E-state index in [1.807, 2.05) is 6.07 Å². The monoisotopic (exact) mass is 247 g/mol. The molecule has 1 aromatic carbocycles. The summed E-state index contributed by atoms with van der Waals surface area (Å²) in [5.41, 5.74) is 2.64. The van der Waals surface area contributed by atoms with Crippen molar-refractivity contribution in [1.29, 1.82) is 0 Å². The third-order valence-electron chi connectivity index (χ3n) is 2.90. The summed E-state index contributed by atoms with van der Waals surface area (Å²) in [6.07, 6.45) is 5.90. The molecule has 0 amide bonds. The van der Waals surface area contributed by atoms with Crippen molar-refractivity contribution in [2.45, 2.75) is 12.8 Å². The molecule has 1 aliphatic heterocycles. The largest absolute Gasteiger partial charge is 0.310 e. The van der Waals surface area contributed by atoms with Crippen molar-refractivity contribution in [3.63, 3.8) is 0 Å². The number of halogens is 1. The van der Waals surface area contributed by atoms with Crippen molar-refractivity contribution in [3.8, 4) is 0 Å². The van der Waals surface area contributed by atoms with Crippen molar-refractivity contribution >= 4 is 24.0 Å². The number of anilines is 2. The molecule has 2 aromatic rings. The number of hydrogen-bond acceptors (Lipinski definition) is 3. The number of aromatic nitrogens is 2. The van der Waals surface area contributed by atoms with Gasteiger partial charge in [0.05, 0.1) is 0 Å². The van der Waals surface area contributed by atoms with Gasteiger partial charge in [-0.15, -0.1) is 12.4 Å². The molecule has 0 fully saturated rings. The molecule has 0 saturated heterocycles. The molecule has 3 nitrogen and oxygen atoms in total. The molecular formula is C13H14ClN3. The zero-order chi connectivity index (χ0) is 10.8. The molecule has 0 N–H and O–H groups in total. The second-order valence-corrected chi connectivity index (χ2v) is 3.93. The smallest absolute Gasteiger partial charge is 0.229 e. The molecule has 2 heterocycles. The van der Waals surface area contributed by atoms with E-state index < -0.39 is 0 Å². The lowest BCUT2D eigenvalue weighted by atomic mass is 10.0. The molecule has 0 atom stereocenters. The molecular weight excluding hydrogens is 234 g/mol. The van der Waals surface area contributed by atoms with Crippen molar-refractivity contribution < 1.29 is 0 Å². The van der Waals surface area contributed by atoms with Crippen LogP contribution in [0, 0.1) is 0 Å². The molecule has 4 heteroatoms. The molecule has 0 spiro atoms. The predicted molar refractivity (Wildman–Crippen MR) is 71.0 cm³/mol. The Bertz CT molecular complexity index is 487. The van der Waals surface area contributed by atoms with Crippen LogP contribution in [0.4, 0.5) is 11.6 Å². The molecule has 0 saturated carbocycles. The standard InChI is InChI=1S/C13H13N3.ClH/c1-2-7-12-11(5-1)6-3-10-16(12)13-14-8-4-9-15-13;/h1-2,4-5,7-9H,3,6,10H2;1H. The van der Waals surface area contributed by atoms with Gasteiger partial charge in [0.2, 0.25) is 5.95 Å². The van der Waals surface area contributed by atoms with E-state index in [0.717, 1.165) is 25.3 Å². The van der Waals surface area contributed by atoms with E-state index in [1.54, 1.807) is 12.4 Å². The van der Waals surface area contributed by atoms with E-state index in [1.165, 1.54) is 11.3 Å². The first-order valence-electron chi connectivity index (χ1n) is 5.57. The molecule has 1 aliphatic rings. The van der Waals surface area contributed by atoms with Crippen LogP contribution in [0.1, 0.15) is 12.0 Å². The number of nitrogens with zero attached hydrogens (tertiary/aromatic N) is 3. The first-order valence-corrected chi connectivity index (χ1v) is 5.57. The van der Waals surface area contributed by atoms with Crippen LogP contribution in [0.15, 0.2) is 42.7 Å². The number of aryl methyl sites for hydroxylation is 1. The molecule has 0 radical (unpaired) electrons. The van der Waals surface area contributed by atoms with Gasteiger partial charge in [-0.25, -0.2) is 9.97 Å². The van der Waals surface area contributed by atoms with Gasteiger partial charge in [0.25, 0.3) is 0 Å². The summed E-state index contributed by atoms with van der Waals surface area (Å²) in [5, 5.41) is 0. The highest BCUT2D eigenvalue weighted by Crippen LogP contribution is 2.30. The average Bonchev–Trinajstić information content (AvgIpc) is 2.39. The SMILES string of the molecule is Cl.c1cnc(N2CCCc3ccccc32)nc1. The van der Waals surface area contributed by atoms with Crippen LogP contribution in [0.2, 0.25) is 0 Å². The summed E-state index contributed by atoms with van der Waals surface area (Å²) in [5.74, 6) is 0.801. The van der Waals surface area contributed by atoms with Gasteiger partial charge in [-0.2, -0.15) is 0 Å². The van der Waals surface area contributed by atoms with Crippen LogP contribution in [0.25, 0.3) is 0 Å². The highest BCUT2D eigenvalue weighted by molar-refractivity contribution is 5.85. The van der Waals surface area contributed by atoms with Gasteiger partial charge in [0.1, 0.15) is 0 Å². The molecule has 3 rings (SSSR count). The molecule has 88 valence electrons. The van der Waals surface area contributed by atoms with Crippen LogP contribution < -0.4 is 4.90 Å². The van der Waals surface area contributed by atoms with Crippen LogP contribution in [-0.4, -0.2) is 16.5 Å². The Balaban J connectivity index is 0.00000108. The van der Waals surface area contributed by atoms with Gasteiger partial charge < -0.3 is 4.90 Å². The van der Waals surface area contributed by atoms with E-state index in [-0.39, 0.29) is 12.4 Å². The van der Waals surface area contributed by atoms with Crippen molar-refractivity contribution in [1.82, 2.24) is 9.97 Å². The summed E-state index contributed by atoms with van der Waals surface area (Å²) in [7, 11) is 0. The fraction of sp³-hybridized carbons (Fsp3) is 0.231. The van der Waals surface area contributed by atoms with Gasteiger partial charge in [0, 0.05) is 24.6 Å². The van der Waals surface area contributed by atoms with Crippen molar-refractivity contribution in [3.05, 3.63) is 48.3 Å². The molecule has 0 unspecified atom stereocenters. The van der Waals surface area contributed by atoms with Crippen LogP contribution in [0.3, 0.4) is 0 Å². The Morgan fingerprint density at radius 1 is 1.00 bits per heavy atom. The fourth-order valence-electron chi connectivity index (χ4n) is 2.17. The Labute approximate surface area is 107 Å². The maximum atomic E-state index is 4.32. The fourth-order valence-corrected chi connectivity index (χ4v) is 2.17. The van der Waals surface area contributed by atoms with Crippen LogP contribution in [0.5, 0.6) is 0 Å². The molecule has 17 heavy (non-hydrogen) atoms. The number of fused-ring (bicyclic) bond motifs is 1. The third kappa shape index (κ3) is 2.24. The van der Waals surface area contributed by atoms with E-state index in [9.17, 15) is 0 Å². The Hall–Kier alpha value is -1.61. The number of rotatable bonds is 1. The lowest BCUT2D eigenvalue weighted by Crippen LogP contribution is -2.25. The van der Waals surface area contributed by atoms with Gasteiger partial charge in [0.15, 0.2) is 0 Å². The number of para-hydroxylation sites is 1. The van der Waals surface area contributed by atoms with Gasteiger partial charge in [-0.3, -0.25) is 0 Å². The van der Waals surface area contributed by atoms with Crippen molar-refractivity contribution in [2.75, 3.05) is 11.4 Å². The zero-order valence-electron chi connectivity index (χ0n) is 9.41. The maximum Gasteiger partial charge on any atom is 0.229 e. The summed E-state index contributed by atoms with van der Waals surface area (Å²) in [6.45, 7) is 1.00. The number of hydrogen-bond donors (Lipinski definition) is 0. The highest BCUT2D eigenvalue weighted by atomic mass is 35.5. The topological polar surface area (TPSA) is 29.0 Å². The van der Waals surface area contributed by atoms with Gasteiger partial charge in [-0.05, 0) is 30.5 Å². The van der Waals surface area contributed by atoms with E-state index in [4.69, 9.17) is 0 Å². The van der Waals surface area contributed by atoms with Crippen LogP contribution >= 0.6 is 12.4 Å². The van der Waals surface area contributed by atoms with E-state index in [0.29, 0.717) is 0 Å². The van der Waals surface area contributed by atoms with Crippen LogP contribution in [-0.2, 0) is 6.42 Å². The summed E-state index contributed by atoms with van der Waals surface area (Å²) >= 11 is 0. The first kappa shape index (κ1) is 11.9.